The Morgan fingerprint density at radius 3 is 1.35 bits per heavy atom. The molecule has 2 aliphatic rings. The molecule has 4 heteroatoms. The molecule has 4 nitrogen and oxygen atoms in total. The summed E-state index contributed by atoms with van der Waals surface area (Å²) in [6, 6.07) is 27.0. The van der Waals surface area contributed by atoms with Crippen LogP contribution in [0.3, 0.4) is 0 Å². The molecular weight excluding hydrogens is 324 g/mol. The zero-order valence-corrected chi connectivity index (χ0v) is 13.9. The van der Waals surface area contributed by atoms with Crippen LogP contribution in [0.25, 0.3) is 0 Å². The maximum absolute atomic E-state index is 12.9. The van der Waals surface area contributed by atoms with Gasteiger partial charge in [-0.05, 0) is 23.3 Å². The monoisotopic (exact) mass is 340 g/mol. The highest BCUT2D eigenvalue weighted by Gasteiger charge is 2.58. The molecule has 2 atom stereocenters. The summed E-state index contributed by atoms with van der Waals surface area (Å²) in [5, 5.41) is 3.22. The van der Waals surface area contributed by atoms with Crippen molar-refractivity contribution in [2.24, 2.45) is 0 Å². The first kappa shape index (κ1) is 15.0. The Bertz CT molecular complexity index is 920. The van der Waals surface area contributed by atoms with E-state index in [-0.39, 0.29) is 23.9 Å². The summed E-state index contributed by atoms with van der Waals surface area (Å²) in [5.41, 5.74) is 3.14. The van der Waals surface area contributed by atoms with E-state index in [0.717, 1.165) is 11.1 Å². The van der Waals surface area contributed by atoms with Gasteiger partial charge in [-0.1, -0.05) is 72.8 Å². The number of nitrogens with zero attached hydrogens (tertiary/aromatic N) is 2. The summed E-state index contributed by atoms with van der Waals surface area (Å²) in [4.78, 5) is 25.8. The van der Waals surface area contributed by atoms with Crippen LogP contribution in [0.4, 0.5) is 0 Å². The summed E-state index contributed by atoms with van der Waals surface area (Å²) in [5.74, 6) is -0.491. The van der Waals surface area contributed by atoms with Gasteiger partial charge in [0.15, 0.2) is 0 Å². The van der Waals surface area contributed by atoms with E-state index in [9.17, 15) is 9.59 Å². The first-order chi connectivity index (χ1) is 12.8. The Labute approximate surface area is 151 Å². The molecule has 0 bridgehead atoms. The average molecular weight is 340 g/mol. The number of hydrogen-bond acceptors (Lipinski definition) is 3. The standard InChI is InChI=1S/C22H16N2O2/c25-21-17-13-7-8-14-18(17)22(26)24(21)23-19(15-9-3-1-4-10-15)20(23)16-11-5-2-6-12-16/h1-14,19-20H/t19-,20-/m0/s1. The number of hydrazine groups is 1. The van der Waals surface area contributed by atoms with Crippen molar-refractivity contribution < 1.29 is 9.59 Å². The lowest BCUT2D eigenvalue weighted by Crippen LogP contribution is -2.35. The molecule has 3 aromatic carbocycles. The smallest absolute Gasteiger partial charge is 0.267 e. The predicted octanol–water partition coefficient (Wildman–Crippen LogP) is 4.00. The maximum atomic E-state index is 12.9. The molecule has 1 saturated heterocycles. The van der Waals surface area contributed by atoms with Crippen LogP contribution < -0.4 is 0 Å². The number of imide groups is 1. The van der Waals surface area contributed by atoms with Crippen LogP contribution in [0.15, 0.2) is 84.9 Å². The lowest BCUT2D eigenvalue weighted by molar-refractivity contribution is 0.0341. The van der Waals surface area contributed by atoms with E-state index in [1.54, 1.807) is 24.3 Å². The lowest BCUT2D eigenvalue weighted by Gasteiger charge is -2.16. The Balaban J connectivity index is 1.57. The van der Waals surface area contributed by atoms with Gasteiger partial charge in [0.2, 0.25) is 0 Å². The molecule has 2 aliphatic heterocycles. The summed E-state index contributed by atoms with van der Waals surface area (Å²) in [6.07, 6.45) is 0. The predicted molar refractivity (Wildman–Crippen MR) is 97.1 cm³/mol. The number of rotatable bonds is 3. The van der Waals surface area contributed by atoms with Gasteiger partial charge in [-0.3, -0.25) is 9.59 Å². The molecule has 0 saturated carbocycles. The summed E-state index contributed by atoms with van der Waals surface area (Å²) in [7, 11) is 0. The molecule has 0 unspecified atom stereocenters. The fraction of sp³-hybridized carbons (Fsp3) is 0.0909. The number of hydrogen-bond donors (Lipinski definition) is 0. The van der Waals surface area contributed by atoms with E-state index >= 15 is 0 Å². The van der Waals surface area contributed by atoms with Gasteiger partial charge in [0.1, 0.15) is 0 Å². The molecule has 26 heavy (non-hydrogen) atoms. The van der Waals surface area contributed by atoms with Gasteiger partial charge in [0.25, 0.3) is 11.8 Å². The van der Waals surface area contributed by atoms with Gasteiger partial charge >= 0.3 is 0 Å². The highest BCUT2D eigenvalue weighted by Crippen LogP contribution is 2.56. The van der Waals surface area contributed by atoms with Gasteiger partial charge in [0.05, 0.1) is 23.2 Å². The molecule has 0 radical (unpaired) electrons. The largest absolute Gasteiger partial charge is 0.276 e. The summed E-state index contributed by atoms with van der Waals surface area (Å²) in [6.45, 7) is 0. The van der Waals surface area contributed by atoms with Crippen LogP contribution in [-0.4, -0.2) is 21.8 Å². The molecule has 0 aromatic heterocycles. The fourth-order valence-electron chi connectivity index (χ4n) is 3.83. The summed E-state index contributed by atoms with van der Waals surface area (Å²) < 4.78 is 0. The Morgan fingerprint density at radius 1 is 0.538 bits per heavy atom. The summed E-state index contributed by atoms with van der Waals surface area (Å²) >= 11 is 0. The fourth-order valence-corrected chi connectivity index (χ4v) is 3.83. The lowest BCUT2D eigenvalue weighted by atomic mass is 10.0. The number of carbonyl (C=O) groups excluding carboxylic acids is 2. The highest BCUT2D eigenvalue weighted by atomic mass is 16.2. The zero-order valence-electron chi connectivity index (χ0n) is 13.9. The van der Waals surface area contributed by atoms with E-state index in [1.807, 2.05) is 65.7 Å². The van der Waals surface area contributed by atoms with Crippen molar-refractivity contribution in [1.82, 2.24) is 10.0 Å². The molecule has 1 fully saturated rings. The third-order valence-corrected chi connectivity index (χ3v) is 5.07. The number of amides is 2. The number of carbonyl (C=O) groups is 2. The first-order valence-corrected chi connectivity index (χ1v) is 8.63. The third kappa shape index (κ3) is 2.13. The quantitative estimate of drug-likeness (QED) is 0.534. The van der Waals surface area contributed by atoms with E-state index in [1.165, 1.54) is 5.01 Å². The van der Waals surface area contributed by atoms with E-state index < -0.39 is 0 Å². The Hall–Kier alpha value is -3.24. The normalized spacial score (nSPS) is 23.8. The molecule has 2 heterocycles. The van der Waals surface area contributed by atoms with Crippen molar-refractivity contribution in [1.29, 1.82) is 0 Å². The highest BCUT2D eigenvalue weighted by molar-refractivity contribution is 6.21. The van der Waals surface area contributed by atoms with Crippen LogP contribution in [0.2, 0.25) is 0 Å². The maximum Gasteiger partial charge on any atom is 0.276 e. The van der Waals surface area contributed by atoms with Crippen LogP contribution in [0, 0.1) is 0 Å². The van der Waals surface area contributed by atoms with Gasteiger partial charge in [-0.2, -0.15) is 5.01 Å². The minimum absolute atomic E-state index is 0.0270. The molecule has 2 amide bonds. The van der Waals surface area contributed by atoms with Gasteiger partial charge in [-0.25, -0.2) is 5.01 Å². The van der Waals surface area contributed by atoms with Crippen LogP contribution in [0.5, 0.6) is 0 Å². The van der Waals surface area contributed by atoms with Crippen molar-refractivity contribution >= 4 is 11.8 Å². The van der Waals surface area contributed by atoms with Crippen molar-refractivity contribution in [2.45, 2.75) is 12.1 Å². The molecule has 0 aliphatic carbocycles. The van der Waals surface area contributed by atoms with E-state index in [2.05, 4.69) is 0 Å². The zero-order chi connectivity index (χ0) is 17.7. The topological polar surface area (TPSA) is 40.4 Å². The van der Waals surface area contributed by atoms with Crippen LogP contribution in [-0.2, 0) is 0 Å². The molecule has 126 valence electrons. The van der Waals surface area contributed by atoms with Crippen LogP contribution >= 0.6 is 0 Å². The molecular formula is C22H16N2O2. The number of benzene rings is 3. The number of fused-ring (bicyclic) bond motifs is 1. The second-order valence-electron chi connectivity index (χ2n) is 6.56. The second-order valence-corrected chi connectivity index (χ2v) is 6.56. The molecule has 0 N–H and O–H groups in total. The van der Waals surface area contributed by atoms with Crippen molar-refractivity contribution in [3.8, 4) is 0 Å². The average Bonchev–Trinajstić information content (AvgIpc) is 3.38. The molecule has 0 spiro atoms. The first-order valence-electron chi connectivity index (χ1n) is 8.63. The minimum Gasteiger partial charge on any atom is -0.267 e. The van der Waals surface area contributed by atoms with Gasteiger partial charge in [-0.15, -0.1) is 0 Å². The second kappa shape index (κ2) is 5.64. The van der Waals surface area contributed by atoms with Crippen molar-refractivity contribution in [3.63, 3.8) is 0 Å². The Kier molecular flexibility index (Phi) is 3.27. The molecule has 3 aromatic rings. The van der Waals surface area contributed by atoms with E-state index in [4.69, 9.17) is 0 Å². The molecule has 5 rings (SSSR count). The van der Waals surface area contributed by atoms with Crippen molar-refractivity contribution in [2.75, 3.05) is 0 Å². The SMILES string of the molecule is O=C1c2ccccc2C(=O)N1N1[C@@H](c2ccccc2)[C@@H]1c1ccccc1. The van der Waals surface area contributed by atoms with Crippen LogP contribution in [0.1, 0.15) is 43.9 Å². The van der Waals surface area contributed by atoms with Gasteiger partial charge in [0, 0.05) is 0 Å². The van der Waals surface area contributed by atoms with E-state index in [0.29, 0.717) is 11.1 Å². The van der Waals surface area contributed by atoms with Gasteiger partial charge < -0.3 is 0 Å². The third-order valence-electron chi connectivity index (χ3n) is 5.07. The Morgan fingerprint density at radius 2 is 0.923 bits per heavy atom. The minimum atomic E-state index is -0.245. The van der Waals surface area contributed by atoms with Crippen molar-refractivity contribution in [3.05, 3.63) is 107 Å².